The Morgan fingerprint density at radius 2 is 2.25 bits per heavy atom. The van der Waals surface area contributed by atoms with Crippen molar-refractivity contribution in [2.75, 3.05) is 20.3 Å². The van der Waals surface area contributed by atoms with E-state index >= 15 is 0 Å². The number of carbonyl (C=O) groups is 1. The molecule has 0 bridgehead atoms. The van der Waals surface area contributed by atoms with Gasteiger partial charge in [-0.25, -0.2) is 0 Å². The minimum Gasteiger partial charge on any atom is -0.497 e. The molecule has 1 aliphatic rings. The number of ether oxygens (including phenoxy) is 2. The maximum Gasteiger partial charge on any atom is 0.267 e. The van der Waals surface area contributed by atoms with Gasteiger partial charge in [0.25, 0.3) is 5.56 Å². The molecule has 0 aliphatic carbocycles. The van der Waals surface area contributed by atoms with Gasteiger partial charge in [-0.15, -0.1) is 0 Å². The molecule has 1 aliphatic heterocycles. The van der Waals surface area contributed by atoms with Gasteiger partial charge in [-0.3, -0.25) is 14.7 Å². The molecule has 1 aromatic carbocycles. The Kier molecular flexibility index (Phi) is 4.59. The first-order chi connectivity index (χ1) is 11.6. The molecular formula is C17H21N3O4. The average Bonchev–Trinajstić information content (AvgIpc) is 2.91. The zero-order valence-electron chi connectivity index (χ0n) is 13.8. The molecule has 7 heteroatoms. The number of nitrogens with one attached hydrogen (secondary N) is 3. The van der Waals surface area contributed by atoms with Crippen LogP contribution in [0.2, 0.25) is 0 Å². The van der Waals surface area contributed by atoms with Crippen LogP contribution < -0.4 is 20.3 Å². The zero-order chi connectivity index (χ0) is 17.1. The molecule has 0 fully saturated rings. The summed E-state index contributed by atoms with van der Waals surface area (Å²) in [5.74, 6) is 1.66. The number of aromatic amines is 2. The number of hydrogen-bond acceptors (Lipinski definition) is 4. The first kappa shape index (κ1) is 16.2. The van der Waals surface area contributed by atoms with Crippen LogP contribution in [0.25, 0.3) is 0 Å². The molecule has 0 radical (unpaired) electrons. The third-order valence-electron chi connectivity index (χ3n) is 4.27. The smallest absolute Gasteiger partial charge is 0.267 e. The van der Waals surface area contributed by atoms with Crippen LogP contribution in [0.1, 0.15) is 16.8 Å². The molecule has 1 atom stereocenters. The number of hydrogen-bond donors (Lipinski definition) is 3. The molecule has 1 amide bonds. The Morgan fingerprint density at radius 1 is 1.42 bits per heavy atom. The van der Waals surface area contributed by atoms with Crippen molar-refractivity contribution in [1.82, 2.24) is 15.5 Å². The molecule has 2 aromatic rings. The fourth-order valence-electron chi connectivity index (χ4n) is 2.84. The summed E-state index contributed by atoms with van der Waals surface area (Å²) < 4.78 is 11.0. The Bertz CT molecular complexity index is 793. The summed E-state index contributed by atoms with van der Waals surface area (Å²) in [5.41, 5.74) is 2.04. The lowest BCUT2D eigenvalue weighted by Crippen LogP contribution is -2.36. The summed E-state index contributed by atoms with van der Waals surface area (Å²) in [6, 6.07) is 5.78. The van der Waals surface area contributed by atoms with E-state index in [1.807, 2.05) is 18.2 Å². The third kappa shape index (κ3) is 3.45. The highest BCUT2D eigenvalue weighted by Crippen LogP contribution is 2.30. The van der Waals surface area contributed by atoms with E-state index in [9.17, 15) is 9.59 Å². The number of benzene rings is 1. The molecule has 128 valence electrons. The summed E-state index contributed by atoms with van der Waals surface area (Å²) in [5, 5.41) is 8.09. The number of carbonyl (C=O) groups excluding carboxylic acids is 1. The number of methoxy groups -OCH3 is 1. The SMILES string of the molecule is COc1ccc2c(c1)OC[C@@H](CNC(=O)Cc1c(C)[nH][nH]c1=O)C2. The first-order valence-electron chi connectivity index (χ1n) is 7.89. The second kappa shape index (κ2) is 6.82. The number of aromatic nitrogens is 2. The van der Waals surface area contributed by atoms with Crippen molar-refractivity contribution in [2.24, 2.45) is 5.92 Å². The Morgan fingerprint density at radius 3 is 2.96 bits per heavy atom. The number of fused-ring (bicyclic) bond motifs is 1. The molecule has 0 saturated heterocycles. The van der Waals surface area contributed by atoms with Crippen LogP contribution in [-0.4, -0.2) is 36.4 Å². The number of rotatable bonds is 5. The van der Waals surface area contributed by atoms with Crippen molar-refractivity contribution in [3.8, 4) is 11.5 Å². The summed E-state index contributed by atoms with van der Waals surface area (Å²) in [6.07, 6.45) is 0.912. The lowest BCUT2D eigenvalue weighted by molar-refractivity contribution is -0.120. The molecule has 3 rings (SSSR count). The average molecular weight is 331 g/mol. The van der Waals surface area contributed by atoms with E-state index in [0.717, 1.165) is 23.5 Å². The topological polar surface area (TPSA) is 96.2 Å². The molecule has 7 nitrogen and oxygen atoms in total. The van der Waals surface area contributed by atoms with Crippen molar-refractivity contribution < 1.29 is 14.3 Å². The molecule has 0 spiro atoms. The molecule has 2 heterocycles. The summed E-state index contributed by atoms with van der Waals surface area (Å²) in [6.45, 7) is 2.83. The van der Waals surface area contributed by atoms with Crippen LogP contribution in [0.4, 0.5) is 0 Å². The number of amides is 1. The third-order valence-corrected chi connectivity index (χ3v) is 4.27. The largest absolute Gasteiger partial charge is 0.497 e. The van der Waals surface area contributed by atoms with Crippen molar-refractivity contribution in [3.63, 3.8) is 0 Å². The van der Waals surface area contributed by atoms with Gasteiger partial charge < -0.3 is 19.9 Å². The lowest BCUT2D eigenvalue weighted by Gasteiger charge is -2.25. The molecule has 3 N–H and O–H groups in total. The second-order valence-electron chi connectivity index (χ2n) is 6.02. The van der Waals surface area contributed by atoms with Gasteiger partial charge in [0.1, 0.15) is 11.5 Å². The van der Waals surface area contributed by atoms with E-state index in [0.29, 0.717) is 24.4 Å². The minimum absolute atomic E-state index is 0.0754. The van der Waals surface area contributed by atoms with Crippen LogP contribution in [0.3, 0.4) is 0 Å². The number of H-pyrrole nitrogens is 2. The van der Waals surface area contributed by atoms with Gasteiger partial charge in [0.2, 0.25) is 5.91 Å². The van der Waals surface area contributed by atoms with Crippen molar-refractivity contribution >= 4 is 5.91 Å². The second-order valence-corrected chi connectivity index (χ2v) is 6.02. The maximum atomic E-state index is 12.1. The van der Waals surface area contributed by atoms with Crippen molar-refractivity contribution in [3.05, 3.63) is 45.4 Å². The molecular weight excluding hydrogens is 310 g/mol. The van der Waals surface area contributed by atoms with Crippen molar-refractivity contribution in [2.45, 2.75) is 19.8 Å². The highest BCUT2D eigenvalue weighted by atomic mass is 16.5. The fraction of sp³-hybridized carbons (Fsp3) is 0.412. The Balaban J connectivity index is 1.54. The first-order valence-corrected chi connectivity index (χ1v) is 7.89. The summed E-state index contributed by atoms with van der Waals surface area (Å²) in [4.78, 5) is 23.6. The van der Waals surface area contributed by atoms with Crippen LogP contribution in [-0.2, 0) is 17.6 Å². The monoisotopic (exact) mass is 331 g/mol. The van der Waals surface area contributed by atoms with Gasteiger partial charge in [0, 0.05) is 29.8 Å². The predicted octanol–water partition coefficient (Wildman–Crippen LogP) is 0.930. The summed E-state index contributed by atoms with van der Waals surface area (Å²) in [7, 11) is 1.63. The van der Waals surface area contributed by atoms with E-state index in [-0.39, 0.29) is 23.8 Å². The van der Waals surface area contributed by atoms with Gasteiger partial charge >= 0.3 is 0 Å². The molecule has 0 unspecified atom stereocenters. The zero-order valence-corrected chi connectivity index (χ0v) is 13.8. The highest BCUT2D eigenvalue weighted by Gasteiger charge is 2.21. The molecule has 1 aromatic heterocycles. The lowest BCUT2D eigenvalue weighted by atomic mass is 9.96. The quantitative estimate of drug-likeness (QED) is 0.759. The van der Waals surface area contributed by atoms with Gasteiger partial charge in [-0.05, 0) is 25.0 Å². The number of aryl methyl sites for hydroxylation is 1. The van der Waals surface area contributed by atoms with Crippen LogP contribution in [0.15, 0.2) is 23.0 Å². The van der Waals surface area contributed by atoms with Crippen LogP contribution >= 0.6 is 0 Å². The van der Waals surface area contributed by atoms with Crippen LogP contribution in [0, 0.1) is 12.8 Å². The summed E-state index contributed by atoms with van der Waals surface area (Å²) >= 11 is 0. The highest BCUT2D eigenvalue weighted by molar-refractivity contribution is 5.78. The fourth-order valence-corrected chi connectivity index (χ4v) is 2.84. The van der Waals surface area contributed by atoms with Gasteiger partial charge in [0.15, 0.2) is 0 Å². The van der Waals surface area contributed by atoms with Gasteiger partial charge in [-0.1, -0.05) is 6.07 Å². The van der Waals surface area contributed by atoms with E-state index in [4.69, 9.17) is 9.47 Å². The van der Waals surface area contributed by atoms with E-state index in [1.165, 1.54) is 0 Å². The standard InChI is InChI=1S/C17H21N3O4/c1-10-14(17(22)20-19-10)7-16(21)18-8-11-5-12-3-4-13(23-2)6-15(12)24-9-11/h3-4,6,11H,5,7-9H2,1-2H3,(H,18,21)(H2,19,20,22)/t11-/m1/s1. The Labute approximate surface area is 139 Å². The van der Waals surface area contributed by atoms with Crippen molar-refractivity contribution in [1.29, 1.82) is 0 Å². The molecule has 0 saturated carbocycles. The van der Waals surface area contributed by atoms with Crippen LogP contribution in [0.5, 0.6) is 11.5 Å². The normalized spacial score (nSPS) is 16.2. The van der Waals surface area contributed by atoms with E-state index in [2.05, 4.69) is 15.5 Å². The van der Waals surface area contributed by atoms with Gasteiger partial charge in [-0.2, -0.15) is 0 Å². The minimum atomic E-state index is -0.244. The van der Waals surface area contributed by atoms with E-state index < -0.39 is 0 Å². The molecule has 24 heavy (non-hydrogen) atoms. The maximum absolute atomic E-state index is 12.1. The predicted molar refractivity (Wildman–Crippen MR) is 88.5 cm³/mol. The van der Waals surface area contributed by atoms with Gasteiger partial charge in [0.05, 0.1) is 20.1 Å². The van der Waals surface area contributed by atoms with E-state index in [1.54, 1.807) is 14.0 Å². The Hall–Kier alpha value is -2.70.